The molecule has 1 saturated heterocycles. The molecular weight excluding hydrogens is 194 g/mol. The number of carbonyl (C=O) groups is 2. The van der Waals surface area contributed by atoms with Crippen LogP contribution in [-0.4, -0.2) is 35.4 Å². The quantitative estimate of drug-likeness (QED) is 0.730. The van der Waals surface area contributed by atoms with E-state index in [0.29, 0.717) is 0 Å². The van der Waals surface area contributed by atoms with E-state index in [1.54, 1.807) is 19.2 Å². The first kappa shape index (κ1) is 9.51. The van der Waals surface area contributed by atoms with Gasteiger partial charge in [0, 0.05) is 7.05 Å². The first-order valence-corrected chi connectivity index (χ1v) is 4.58. The van der Waals surface area contributed by atoms with Gasteiger partial charge in [-0.1, -0.05) is 18.2 Å². The van der Waals surface area contributed by atoms with Crippen LogP contribution >= 0.6 is 0 Å². The van der Waals surface area contributed by atoms with E-state index in [2.05, 4.69) is 5.43 Å². The molecule has 1 heterocycles. The standard InChI is InChI=1S/C10H11N3O2/c1-12-7-9(14)13(10(12)15)11-8-5-3-2-4-6-8/h2-6,11H,7H2,1H3. The van der Waals surface area contributed by atoms with Crippen molar-refractivity contribution in [3.05, 3.63) is 30.3 Å². The maximum Gasteiger partial charge on any atom is 0.346 e. The molecular formula is C10H11N3O2. The molecule has 5 heteroatoms. The Morgan fingerprint density at radius 2 is 1.87 bits per heavy atom. The minimum Gasteiger partial charge on any atom is -0.316 e. The van der Waals surface area contributed by atoms with Crippen LogP contribution in [0.2, 0.25) is 0 Å². The molecule has 0 aliphatic carbocycles. The Morgan fingerprint density at radius 1 is 1.20 bits per heavy atom. The van der Waals surface area contributed by atoms with Gasteiger partial charge in [-0.15, -0.1) is 0 Å². The van der Waals surface area contributed by atoms with Gasteiger partial charge >= 0.3 is 6.03 Å². The summed E-state index contributed by atoms with van der Waals surface area (Å²) >= 11 is 0. The van der Waals surface area contributed by atoms with Crippen molar-refractivity contribution in [3.63, 3.8) is 0 Å². The molecule has 1 N–H and O–H groups in total. The zero-order chi connectivity index (χ0) is 10.8. The minimum absolute atomic E-state index is 0.124. The lowest BCUT2D eigenvalue weighted by molar-refractivity contribution is -0.124. The molecule has 0 radical (unpaired) electrons. The van der Waals surface area contributed by atoms with Crippen molar-refractivity contribution in [2.75, 3.05) is 19.0 Å². The zero-order valence-electron chi connectivity index (χ0n) is 8.30. The molecule has 0 spiro atoms. The first-order valence-electron chi connectivity index (χ1n) is 4.58. The summed E-state index contributed by atoms with van der Waals surface area (Å²) in [5.41, 5.74) is 3.48. The summed E-state index contributed by atoms with van der Waals surface area (Å²) in [4.78, 5) is 24.2. The normalized spacial score (nSPS) is 16.1. The Labute approximate surface area is 87.2 Å². The van der Waals surface area contributed by atoms with Crippen LogP contribution in [0.15, 0.2) is 30.3 Å². The van der Waals surface area contributed by atoms with E-state index in [-0.39, 0.29) is 18.5 Å². The Bertz CT molecular complexity index is 391. The average Bonchev–Trinajstić information content (AvgIpc) is 2.47. The van der Waals surface area contributed by atoms with Crippen molar-refractivity contribution in [2.24, 2.45) is 0 Å². The summed E-state index contributed by atoms with van der Waals surface area (Å²) in [6, 6.07) is 8.78. The molecule has 15 heavy (non-hydrogen) atoms. The van der Waals surface area contributed by atoms with Crippen molar-refractivity contribution in [1.82, 2.24) is 9.91 Å². The molecule has 1 aliphatic rings. The smallest absolute Gasteiger partial charge is 0.316 e. The third-order valence-corrected chi connectivity index (χ3v) is 2.15. The summed E-state index contributed by atoms with van der Waals surface area (Å²) in [6.45, 7) is 0.124. The SMILES string of the molecule is CN1CC(=O)N(Nc2ccccc2)C1=O. The van der Waals surface area contributed by atoms with Gasteiger partial charge in [0.1, 0.15) is 6.54 Å². The number of hydrazine groups is 1. The van der Waals surface area contributed by atoms with Crippen molar-refractivity contribution in [3.8, 4) is 0 Å². The number of amides is 3. The topological polar surface area (TPSA) is 52.7 Å². The maximum atomic E-state index is 11.5. The fourth-order valence-electron chi connectivity index (χ4n) is 1.37. The van der Waals surface area contributed by atoms with Crippen LogP contribution in [0.5, 0.6) is 0 Å². The third kappa shape index (κ3) is 1.76. The van der Waals surface area contributed by atoms with Gasteiger partial charge in [-0.3, -0.25) is 10.2 Å². The highest BCUT2D eigenvalue weighted by Crippen LogP contribution is 2.12. The number of nitrogens with one attached hydrogen (secondary N) is 1. The number of para-hydroxylation sites is 1. The van der Waals surface area contributed by atoms with Gasteiger partial charge < -0.3 is 4.90 Å². The summed E-state index contributed by atoms with van der Waals surface area (Å²) < 4.78 is 0. The fraction of sp³-hybridized carbons (Fsp3) is 0.200. The molecule has 5 nitrogen and oxygen atoms in total. The number of hydrogen-bond donors (Lipinski definition) is 1. The largest absolute Gasteiger partial charge is 0.346 e. The summed E-state index contributed by atoms with van der Waals surface area (Å²) in [6.07, 6.45) is 0. The van der Waals surface area contributed by atoms with Gasteiger partial charge in [0.25, 0.3) is 5.91 Å². The zero-order valence-corrected chi connectivity index (χ0v) is 8.30. The van der Waals surface area contributed by atoms with Gasteiger partial charge in [0.05, 0.1) is 5.69 Å². The van der Waals surface area contributed by atoms with Gasteiger partial charge in [-0.05, 0) is 12.1 Å². The molecule has 0 bridgehead atoms. The molecule has 0 aromatic heterocycles. The van der Waals surface area contributed by atoms with Crippen molar-refractivity contribution >= 4 is 17.6 Å². The van der Waals surface area contributed by atoms with Crippen molar-refractivity contribution in [1.29, 1.82) is 0 Å². The molecule has 1 fully saturated rings. The Balaban J connectivity index is 2.13. The number of likely N-dealkylation sites (N-methyl/N-ethyl adjacent to an activating group) is 1. The van der Waals surface area contributed by atoms with Crippen LogP contribution in [-0.2, 0) is 4.79 Å². The molecule has 3 amide bonds. The first-order chi connectivity index (χ1) is 7.18. The van der Waals surface area contributed by atoms with Crippen molar-refractivity contribution in [2.45, 2.75) is 0 Å². The highest BCUT2D eigenvalue weighted by Gasteiger charge is 2.33. The van der Waals surface area contributed by atoms with E-state index >= 15 is 0 Å². The Hall–Kier alpha value is -2.04. The van der Waals surface area contributed by atoms with Gasteiger partial charge in [-0.2, -0.15) is 5.01 Å². The molecule has 1 aromatic rings. The van der Waals surface area contributed by atoms with Crippen LogP contribution < -0.4 is 5.43 Å². The number of anilines is 1. The third-order valence-electron chi connectivity index (χ3n) is 2.15. The second-order valence-electron chi connectivity index (χ2n) is 3.35. The van der Waals surface area contributed by atoms with E-state index in [1.165, 1.54) is 4.90 Å². The monoisotopic (exact) mass is 205 g/mol. The number of imide groups is 1. The lowest BCUT2D eigenvalue weighted by Gasteiger charge is -2.15. The van der Waals surface area contributed by atoms with Crippen LogP contribution in [0.4, 0.5) is 10.5 Å². The van der Waals surface area contributed by atoms with Gasteiger partial charge in [0.15, 0.2) is 0 Å². The maximum absolute atomic E-state index is 11.5. The minimum atomic E-state index is -0.330. The molecule has 0 saturated carbocycles. The number of benzene rings is 1. The van der Waals surface area contributed by atoms with E-state index in [9.17, 15) is 9.59 Å². The number of rotatable bonds is 2. The van der Waals surface area contributed by atoms with Crippen LogP contribution in [0.1, 0.15) is 0 Å². The van der Waals surface area contributed by atoms with Gasteiger partial charge in [-0.25, -0.2) is 4.79 Å². The number of hydrogen-bond acceptors (Lipinski definition) is 3. The molecule has 0 atom stereocenters. The molecule has 78 valence electrons. The van der Waals surface area contributed by atoms with Crippen LogP contribution in [0.25, 0.3) is 0 Å². The van der Waals surface area contributed by atoms with Crippen LogP contribution in [0, 0.1) is 0 Å². The summed E-state index contributed by atoms with van der Waals surface area (Å²) in [7, 11) is 1.59. The Kier molecular flexibility index (Phi) is 2.29. The van der Waals surface area contributed by atoms with E-state index < -0.39 is 0 Å². The molecule has 0 unspecified atom stereocenters. The second kappa shape index (κ2) is 3.61. The fourth-order valence-corrected chi connectivity index (χ4v) is 1.37. The lowest BCUT2D eigenvalue weighted by Crippen LogP contribution is -2.36. The number of urea groups is 1. The predicted octanol–water partition coefficient (Wildman–Crippen LogP) is 0.907. The number of carbonyl (C=O) groups excluding carboxylic acids is 2. The average molecular weight is 205 g/mol. The Morgan fingerprint density at radius 3 is 2.40 bits per heavy atom. The molecule has 1 aromatic carbocycles. The van der Waals surface area contributed by atoms with E-state index in [4.69, 9.17) is 0 Å². The lowest BCUT2D eigenvalue weighted by atomic mass is 10.3. The molecule has 2 rings (SSSR count). The summed E-state index contributed by atoms with van der Waals surface area (Å²) in [5, 5.41) is 1.02. The van der Waals surface area contributed by atoms with Crippen molar-refractivity contribution < 1.29 is 9.59 Å². The molecule has 1 aliphatic heterocycles. The highest BCUT2D eigenvalue weighted by molar-refractivity contribution is 6.02. The highest BCUT2D eigenvalue weighted by atomic mass is 16.2. The summed E-state index contributed by atoms with van der Waals surface area (Å²) in [5.74, 6) is -0.244. The predicted molar refractivity (Wildman–Crippen MR) is 54.9 cm³/mol. The van der Waals surface area contributed by atoms with E-state index in [1.807, 2.05) is 18.2 Å². The second-order valence-corrected chi connectivity index (χ2v) is 3.35. The number of nitrogens with zero attached hydrogens (tertiary/aromatic N) is 2. The van der Waals surface area contributed by atoms with E-state index in [0.717, 1.165) is 10.7 Å². The van der Waals surface area contributed by atoms with Gasteiger partial charge in [0.2, 0.25) is 0 Å². The van der Waals surface area contributed by atoms with Crippen LogP contribution in [0.3, 0.4) is 0 Å².